The molecule has 9 heteroatoms. The summed E-state index contributed by atoms with van der Waals surface area (Å²) in [5, 5.41) is 54.2. The lowest BCUT2D eigenvalue weighted by Gasteiger charge is -2.40. The quantitative estimate of drug-likeness (QED) is 0.0264. The van der Waals surface area contributed by atoms with Gasteiger partial charge in [-0.15, -0.1) is 0 Å². The Hall–Kier alpha value is -1.07. The molecule has 338 valence electrons. The Morgan fingerprint density at radius 1 is 0.579 bits per heavy atom. The van der Waals surface area contributed by atoms with E-state index in [9.17, 15) is 30.3 Å². The maximum Gasteiger partial charge on any atom is 0.220 e. The minimum Gasteiger partial charge on any atom is -0.394 e. The third-order valence-electron chi connectivity index (χ3n) is 11.9. The molecule has 0 saturated carbocycles. The van der Waals surface area contributed by atoms with E-state index < -0.39 is 49.5 Å². The molecule has 1 aliphatic rings. The van der Waals surface area contributed by atoms with E-state index in [2.05, 4.69) is 31.3 Å². The SMILES string of the molecule is CCCCCCCCCCCCCC/C=C\CCCCCCCCCCCC(=O)NC(COC1OC(CO)C(O)C(O)C1O)C(O)CCCCCCCCCCC. The molecule has 1 amide bonds. The Morgan fingerprint density at radius 3 is 1.42 bits per heavy atom. The Balaban J connectivity index is 2.18. The van der Waals surface area contributed by atoms with Crippen molar-refractivity contribution in [3.05, 3.63) is 12.2 Å². The van der Waals surface area contributed by atoms with Crippen molar-refractivity contribution >= 4 is 5.91 Å². The summed E-state index contributed by atoms with van der Waals surface area (Å²) < 4.78 is 11.2. The number of aliphatic hydroxyl groups excluding tert-OH is 5. The highest BCUT2D eigenvalue weighted by Crippen LogP contribution is 2.23. The van der Waals surface area contributed by atoms with Crippen molar-refractivity contribution in [1.82, 2.24) is 5.32 Å². The van der Waals surface area contributed by atoms with Crippen LogP contribution >= 0.6 is 0 Å². The zero-order chi connectivity index (χ0) is 41.6. The van der Waals surface area contributed by atoms with Gasteiger partial charge in [-0.25, -0.2) is 0 Å². The number of carbonyl (C=O) groups excluding carboxylic acids is 1. The van der Waals surface area contributed by atoms with Crippen LogP contribution in [0, 0.1) is 0 Å². The van der Waals surface area contributed by atoms with Crippen molar-refractivity contribution in [2.24, 2.45) is 0 Å². The van der Waals surface area contributed by atoms with Crippen molar-refractivity contribution < 1.29 is 39.8 Å². The summed E-state index contributed by atoms with van der Waals surface area (Å²) in [7, 11) is 0. The van der Waals surface area contributed by atoms with E-state index in [0.717, 1.165) is 38.5 Å². The Kier molecular flexibility index (Phi) is 37.0. The molecule has 1 aliphatic heterocycles. The van der Waals surface area contributed by atoms with Gasteiger partial charge in [-0.2, -0.15) is 0 Å². The van der Waals surface area contributed by atoms with Crippen molar-refractivity contribution in [2.75, 3.05) is 13.2 Å². The summed E-state index contributed by atoms with van der Waals surface area (Å²) >= 11 is 0. The lowest BCUT2D eigenvalue weighted by molar-refractivity contribution is -0.302. The second kappa shape index (κ2) is 39.1. The van der Waals surface area contributed by atoms with E-state index in [-0.39, 0.29) is 12.5 Å². The molecule has 0 aromatic rings. The molecule has 9 nitrogen and oxygen atoms in total. The van der Waals surface area contributed by atoms with Crippen molar-refractivity contribution in [3.8, 4) is 0 Å². The lowest BCUT2D eigenvalue weighted by Crippen LogP contribution is -2.60. The normalized spacial score (nSPS) is 21.0. The number of carbonyl (C=O) groups is 1. The number of aliphatic hydroxyl groups is 5. The summed E-state index contributed by atoms with van der Waals surface area (Å²) in [5.74, 6) is -0.147. The topological polar surface area (TPSA) is 149 Å². The first-order valence-corrected chi connectivity index (χ1v) is 24.4. The first-order chi connectivity index (χ1) is 27.8. The van der Waals surface area contributed by atoms with Gasteiger partial charge < -0.3 is 40.3 Å². The maximum atomic E-state index is 13.0. The van der Waals surface area contributed by atoms with Gasteiger partial charge in [0.05, 0.1) is 25.4 Å². The summed E-state index contributed by atoms with van der Waals surface area (Å²) in [6.07, 6.45) is 38.2. The van der Waals surface area contributed by atoms with E-state index in [1.54, 1.807) is 0 Å². The molecule has 0 bridgehead atoms. The number of unbranched alkanes of at least 4 members (excludes halogenated alkanes) is 29. The number of nitrogens with one attached hydrogen (secondary N) is 1. The Bertz CT molecular complexity index is 904. The molecule has 0 aromatic heterocycles. The van der Waals surface area contributed by atoms with Gasteiger partial charge in [-0.1, -0.05) is 199 Å². The van der Waals surface area contributed by atoms with Crippen molar-refractivity contribution in [1.29, 1.82) is 0 Å². The number of amides is 1. The maximum absolute atomic E-state index is 13.0. The molecular weight excluding hydrogens is 719 g/mol. The van der Waals surface area contributed by atoms with Crippen LogP contribution in [0.5, 0.6) is 0 Å². The smallest absolute Gasteiger partial charge is 0.220 e. The molecule has 7 unspecified atom stereocenters. The predicted molar refractivity (Wildman–Crippen MR) is 235 cm³/mol. The Morgan fingerprint density at radius 2 is 0.982 bits per heavy atom. The molecule has 6 N–H and O–H groups in total. The number of rotatable bonds is 41. The fourth-order valence-electron chi connectivity index (χ4n) is 7.92. The first kappa shape index (κ1) is 53.9. The van der Waals surface area contributed by atoms with E-state index in [1.807, 2.05) is 0 Å². The van der Waals surface area contributed by atoms with Gasteiger partial charge in [0, 0.05) is 6.42 Å². The highest BCUT2D eigenvalue weighted by molar-refractivity contribution is 5.76. The predicted octanol–water partition coefficient (Wildman–Crippen LogP) is 10.5. The molecule has 57 heavy (non-hydrogen) atoms. The highest BCUT2D eigenvalue weighted by atomic mass is 16.7. The molecule has 7 atom stereocenters. The molecule has 0 radical (unpaired) electrons. The van der Waals surface area contributed by atoms with Gasteiger partial charge in [0.25, 0.3) is 0 Å². The van der Waals surface area contributed by atoms with Gasteiger partial charge in [0.15, 0.2) is 6.29 Å². The minimum absolute atomic E-state index is 0.136. The van der Waals surface area contributed by atoms with Crippen LogP contribution in [0.3, 0.4) is 0 Å². The van der Waals surface area contributed by atoms with Gasteiger partial charge in [0.1, 0.15) is 24.4 Å². The number of hydrogen-bond donors (Lipinski definition) is 6. The molecule has 1 rings (SSSR count). The second-order valence-corrected chi connectivity index (χ2v) is 17.3. The zero-order valence-electron chi connectivity index (χ0n) is 37.1. The van der Waals surface area contributed by atoms with Crippen molar-refractivity contribution in [3.63, 3.8) is 0 Å². The number of ether oxygens (including phenoxy) is 2. The third kappa shape index (κ3) is 29.7. The average molecular weight is 812 g/mol. The van der Waals surface area contributed by atoms with E-state index in [4.69, 9.17) is 9.47 Å². The summed E-state index contributed by atoms with van der Waals surface area (Å²) in [6, 6.07) is -0.714. The molecule has 1 fully saturated rings. The molecule has 0 aromatic carbocycles. The molecule has 1 saturated heterocycles. The summed E-state index contributed by atoms with van der Waals surface area (Å²) in [4.78, 5) is 13.0. The monoisotopic (exact) mass is 812 g/mol. The van der Waals surface area contributed by atoms with Gasteiger partial charge in [-0.3, -0.25) is 4.79 Å². The summed E-state index contributed by atoms with van der Waals surface area (Å²) in [5.41, 5.74) is 0. The van der Waals surface area contributed by atoms with Gasteiger partial charge in [0.2, 0.25) is 5.91 Å². The van der Waals surface area contributed by atoms with Crippen LogP contribution in [0.4, 0.5) is 0 Å². The first-order valence-electron chi connectivity index (χ1n) is 24.4. The van der Waals surface area contributed by atoms with E-state index in [0.29, 0.717) is 12.8 Å². The fourth-order valence-corrected chi connectivity index (χ4v) is 7.92. The molecule has 0 spiro atoms. The van der Waals surface area contributed by atoms with E-state index >= 15 is 0 Å². The van der Waals surface area contributed by atoms with Crippen LogP contribution in [0.2, 0.25) is 0 Å². The molecule has 0 aliphatic carbocycles. The van der Waals surface area contributed by atoms with Crippen LogP contribution < -0.4 is 5.32 Å². The van der Waals surface area contributed by atoms with Crippen LogP contribution in [0.1, 0.15) is 232 Å². The number of allylic oxidation sites excluding steroid dienone is 2. The Labute approximate surface area is 350 Å². The molecule has 1 heterocycles. The highest BCUT2D eigenvalue weighted by Gasteiger charge is 2.44. The second-order valence-electron chi connectivity index (χ2n) is 17.3. The van der Waals surface area contributed by atoms with Gasteiger partial charge >= 0.3 is 0 Å². The largest absolute Gasteiger partial charge is 0.394 e. The van der Waals surface area contributed by atoms with Crippen LogP contribution in [-0.4, -0.2) is 87.5 Å². The number of hydrogen-bond acceptors (Lipinski definition) is 8. The minimum atomic E-state index is -1.55. The summed E-state index contributed by atoms with van der Waals surface area (Å²) in [6.45, 7) is 3.82. The van der Waals surface area contributed by atoms with Crippen LogP contribution in [-0.2, 0) is 14.3 Å². The molecular formula is C48H93NO8. The zero-order valence-corrected chi connectivity index (χ0v) is 37.1. The lowest BCUT2D eigenvalue weighted by atomic mass is 9.99. The fraction of sp³-hybridized carbons (Fsp3) is 0.938. The third-order valence-corrected chi connectivity index (χ3v) is 11.9. The van der Waals surface area contributed by atoms with Crippen molar-refractivity contribution in [2.45, 2.75) is 275 Å². The average Bonchev–Trinajstić information content (AvgIpc) is 3.21. The van der Waals surface area contributed by atoms with E-state index in [1.165, 1.54) is 167 Å². The van der Waals surface area contributed by atoms with Crippen LogP contribution in [0.25, 0.3) is 0 Å². The standard InChI is InChI=1S/C48H93NO8/c1-3-5-7-9-11-13-14-15-16-17-18-19-20-21-22-23-24-25-26-27-28-30-32-34-36-38-44(52)49-41(42(51)37-35-33-31-29-12-10-8-6-4-2)40-56-48-47(55)46(54)45(53)43(39-50)57-48/h21-22,41-43,45-48,50-51,53-55H,3-20,23-40H2,1-2H3,(H,49,52)/b22-21-. The van der Waals surface area contributed by atoms with Crippen LogP contribution in [0.15, 0.2) is 12.2 Å². The van der Waals surface area contributed by atoms with Gasteiger partial charge in [-0.05, 0) is 38.5 Å².